The first-order valence-corrected chi connectivity index (χ1v) is 5.48. The van der Waals surface area contributed by atoms with E-state index in [1.54, 1.807) is 0 Å². The van der Waals surface area contributed by atoms with Crippen LogP contribution in [0, 0.1) is 6.92 Å². The van der Waals surface area contributed by atoms with Gasteiger partial charge in [0.2, 0.25) is 0 Å². The summed E-state index contributed by atoms with van der Waals surface area (Å²) in [5, 5.41) is 1.38. The predicted molar refractivity (Wildman–Crippen MR) is 65.0 cm³/mol. The molecule has 15 heavy (non-hydrogen) atoms. The Bertz CT molecular complexity index is 469. The molecule has 0 aliphatic carbocycles. The van der Waals surface area contributed by atoms with E-state index < -0.39 is 0 Å². The third kappa shape index (κ3) is 1.77. The van der Waals surface area contributed by atoms with Crippen molar-refractivity contribution < 1.29 is 0 Å². The fourth-order valence-electron chi connectivity index (χ4n) is 2.06. The highest BCUT2D eigenvalue weighted by Crippen LogP contribution is 2.22. The predicted octanol–water partition coefficient (Wildman–Crippen LogP) is 2.38. The van der Waals surface area contributed by atoms with Crippen molar-refractivity contribution in [2.45, 2.75) is 19.8 Å². The van der Waals surface area contributed by atoms with Gasteiger partial charge in [-0.2, -0.15) is 0 Å². The normalized spacial score (nSPS) is 11.1. The van der Waals surface area contributed by atoms with Crippen molar-refractivity contribution in [3.8, 4) is 0 Å². The molecule has 0 aliphatic heterocycles. The summed E-state index contributed by atoms with van der Waals surface area (Å²) >= 11 is 0. The lowest BCUT2D eigenvalue weighted by Crippen LogP contribution is -2.00. The van der Waals surface area contributed by atoms with Gasteiger partial charge in [-0.3, -0.25) is 0 Å². The molecule has 0 bridgehead atoms. The molecular formula is C13H18N2. The minimum absolute atomic E-state index is 0.766. The van der Waals surface area contributed by atoms with Crippen molar-refractivity contribution in [1.82, 2.24) is 4.57 Å². The molecule has 1 aromatic carbocycles. The molecule has 0 amide bonds. The van der Waals surface area contributed by atoms with E-state index in [1.165, 1.54) is 22.2 Å². The number of fused-ring (bicyclic) bond motifs is 1. The molecule has 2 aromatic rings. The Balaban J connectivity index is 2.51. The van der Waals surface area contributed by atoms with Crippen LogP contribution in [-0.2, 0) is 13.5 Å². The smallest absolute Gasteiger partial charge is 0.0482 e. The van der Waals surface area contributed by atoms with Gasteiger partial charge in [-0.25, -0.2) is 0 Å². The quantitative estimate of drug-likeness (QED) is 0.814. The van der Waals surface area contributed by atoms with Gasteiger partial charge >= 0.3 is 0 Å². The van der Waals surface area contributed by atoms with Crippen LogP contribution < -0.4 is 5.73 Å². The van der Waals surface area contributed by atoms with Crippen LogP contribution in [0.15, 0.2) is 24.3 Å². The molecule has 0 saturated carbocycles. The summed E-state index contributed by atoms with van der Waals surface area (Å²) in [5.41, 5.74) is 9.60. The molecule has 0 radical (unpaired) electrons. The minimum Gasteiger partial charge on any atom is -0.348 e. The molecule has 0 spiro atoms. The van der Waals surface area contributed by atoms with Gasteiger partial charge in [0.1, 0.15) is 0 Å². The summed E-state index contributed by atoms with van der Waals surface area (Å²) in [7, 11) is 2.12. The molecule has 0 saturated heterocycles. The zero-order valence-electron chi connectivity index (χ0n) is 9.46. The maximum atomic E-state index is 5.55. The molecule has 0 fully saturated rings. The van der Waals surface area contributed by atoms with Crippen LogP contribution in [0.3, 0.4) is 0 Å². The summed E-state index contributed by atoms with van der Waals surface area (Å²) in [5.74, 6) is 0. The first-order valence-electron chi connectivity index (χ1n) is 5.48. The Morgan fingerprint density at radius 2 is 2.13 bits per heavy atom. The highest BCUT2D eigenvalue weighted by Gasteiger charge is 2.05. The van der Waals surface area contributed by atoms with Crippen molar-refractivity contribution >= 4 is 10.9 Å². The summed E-state index contributed by atoms with van der Waals surface area (Å²) in [6.07, 6.45) is 2.14. The first kappa shape index (κ1) is 10.2. The van der Waals surface area contributed by atoms with Crippen molar-refractivity contribution in [1.29, 1.82) is 0 Å². The molecule has 2 N–H and O–H groups in total. The largest absolute Gasteiger partial charge is 0.348 e. The fraction of sp³-hybridized carbons (Fsp3) is 0.385. The van der Waals surface area contributed by atoms with E-state index >= 15 is 0 Å². The van der Waals surface area contributed by atoms with E-state index in [1.807, 2.05) is 0 Å². The van der Waals surface area contributed by atoms with E-state index in [4.69, 9.17) is 5.73 Å². The average molecular weight is 202 g/mol. The van der Waals surface area contributed by atoms with Crippen molar-refractivity contribution in [2.75, 3.05) is 6.54 Å². The molecular weight excluding hydrogens is 184 g/mol. The van der Waals surface area contributed by atoms with E-state index in [2.05, 4.69) is 42.8 Å². The SMILES string of the molecule is Cc1cc2c(CCCN)cccc2n1C. The number of rotatable bonds is 3. The second-order valence-electron chi connectivity index (χ2n) is 4.09. The van der Waals surface area contributed by atoms with Crippen LogP contribution in [0.4, 0.5) is 0 Å². The second-order valence-corrected chi connectivity index (χ2v) is 4.09. The van der Waals surface area contributed by atoms with Gasteiger partial charge < -0.3 is 10.3 Å². The molecule has 0 atom stereocenters. The number of hydrogen-bond donors (Lipinski definition) is 1. The van der Waals surface area contributed by atoms with Crippen LogP contribution in [0.1, 0.15) is 17.7 Å². The molecule has 1 heterocycles. The Kier molecular flexibility index (Phi) is 2.78. The Hall–Kier alpha value is -1.28. The minimum atomic E-state index is 0.766. The average Bonchev–Trinajstić information content (AvgIpc) is 2.53. The molecule has 80 valence electrons. The lowest BCUT2D eigenvalue weighted by atomic mass is 10.1. The maximum Gasteiger partial charge on any atom is 0.0482 e. The summed E-state index contributed by atoms with van der Waals surface area (Å²) < 4.78 is 2.24. The maximum absolute atomic E-state index is 5.55. The summed E-state index contributed by atoms with van der Waals surface area (Å²) in [6.45, 7) is 2.91. The van der Waals surface area contributed by atoms with Gasteiger partial charge in [-0.05, 0) is 44.0 Å². The number of nitrogens with two attached hydrogens (primary N) is 1. The van der Waals surface area contributed by atoms with Crippen LogP contribution in [0.2, 0.25) is 0 Å². The third-order valence-electron chi connectivity index (χ3n) is 3.07. The Morgan fingerprint density at radius 1 is 1.33 bits per heavy atom. The highest BCUT2D eigenvalue weighted by atomic mass is 14.9. The van der Waals surface area contributed by atoms with Crippen LogP contribution in [-0.4, -0.2) is 11.1 Å². The number of hydrogen-bond acceptors (Lipinski definition) is 1. The lowest BCUT2D eigenvalue weighted by Gasteiger charge is -2.03. The monoisotopic (exact) mass is 202 g/mol. The van der Waals surface area contributed by atoms with E-state index in [0.29, 0.717) is 0 Å². The van der Waals surface area contributed by atoms with Crippen LogP contribution in [0.5, 0.6) is 0 Å². The second kappa shape index (κ2) is 4.07. The number of aryl methyl sites for hydroxylation is 3. The number of nitrogens with zero attached hydrogens (tertiary/aromatic N) is 1. The zero-order valence-corrected chi connectivity index (χ0v) is 9.46. The number of benzene rings is 1. The molecule has 2 nitrogen and oxygen atoms in total. The Labute approximate surface area is 90.7 Å². The fourth-order valence-corrected chi connectivity index (χ4v) is 2.06. The van der Waals surface area contributed by atoms with Gasteiger partial charge in [0.15, 0.2) is 0 Å². The first-order chi connectivity index (χ1) is 7.24. The number of aromatic nitrogens is 1. The van der Waals surface area contributed by atoms with Crippen molar-refractivity contribution in [3.05, 3.63) is 35.5 Å². The van der Waals surface area contributed by atoms with Gasteiger partial charge in [0.25, 0.3) is 0 Å². The van der Waals surface area contributed by atoms with E-state index in [9.17, 15) is 0 Å². The van der Waals surface area contributed by atoms with Gasteiger partial charge in [0, 0.05) is 23.6 Å². The van der Waals surface area contributed by atoms with E-state index in [0.717, 1.165) is 19.4 Å². The Morgan fingerprint density at radius 3 is 2.87 bits per heavy atom. The third-order valence-corrected chi connectivity index (χ3v) is 3.07. The highest BCUT2D eigenvalue weighted by molar-refractivity contribution is 5.84. The van der Waals surface area contributed by atoms with Crippen LogP contribution in [0.25, 0.3) is 10.9 Å². The molecule has 2 heteroatoms. The molecule has 0 aliphatic rings. The summed E-state index contributed by atoms with van der Waals surface area (Å²) in [6, 6.07) is 8.78. The molecule has 0 unspecified atom stereocenters. The standard InChI is InChI=1S/C13H18N2/c1-10-9-12-11(6-4-8-14)5-3-7-13(12)15(10)2/h3,5,7,9H,4,6,8,14H2,1-2H3. The molecule has 2 rings (SSSR count). The topological polar surface area (TPSA) is 30.9 Å². The van der Waals surface area contributed by atoms with Gasteiger partial charge in [-0.15, -0.1) is 0 Å². The van der Waals surface area contributed by atoms with E-state index in [-0.39, 0.29) is 0 Å². The van der Waals surface area contributed by atoms with Gasteiger partial charge in [-0.1, -0.05) is 12.1 Å². The van der Waals surface area contributed by atoms with Crippen molar-refractivity contribution in [2.24, 2.45) is 12.8 Å². The zero-order chi connectivity index (χ0) is 10.8. The summed E-state index contributed by atoms with van der Waals surface area (Å²) in [4.78, 5) is 0. The van der Waals surface area contributed by atoms with Crippen LogP contribution >= 0.6 is 0 Å². The van der Waals surface area contributed by atoms with Gasteiger partial charge in [0.05, 0.1) is 0 Å². The molecule has 1 aromatic heterocycles. The lowest BCUT2D eigenvalue weighted by molar-refractivity contribution is 0.837. The van der Waals surface area contributed by atoms with Crippen molar-refractivity contribution in [3.63, 3.8) is 0 Å².